The fraction of sp³-hybridized carbons (Fsp3) is 0.208. The third kappa shape index (κ3) is 3.47. The first-order valence-electron chi connectivity index (χ1n) is 10.6. The van der Waals surface area contributed by atoms with Crippen LogP contribution < -0.4 is 10.6 Å². The number of carbonyl (C=O) groups excluding carboxylic acids is 2. The molecule has 1 fully saturated rings. The van der Waals surface area contributed by atoms with E-state index in [9.17, 15) is 19.7 Å². The molecule has 9 heteroatoms. The Morgan fingerprint density at radius 3 is 2.76 bits per heavy atom. The molecule has 2 aromatic carbocycles. The number of hydrogen-bond donors (Lipinski definition) is 2. The van der Waals surface area contributed by atoms with Crippen LogP contribution in [0.2, 0.25) is 0 Å². The van der Waals surface area contributed by atoms with Gasteiger partial charge in [-0.3, -0.25) is 9.59 Å². The van der Waals surface area contributed by atoms with E-state index in [1.54, 1.807) is 42.6 Å². The lowest BCUT2D eigenvalue weighted by atomic mass is 9.61. The van der Waals surface area contributed by atoms with Gasteiger partial charge >= 0.3 is 5.82 Å². The average molecular weight is 443 g/mol. The second kappa shape index (κ2) is 7.70. The molecule has 2 N–H and O–H groups in total. The van der Waals surface area contributed by atoms with E-state index in [0.717, 1.165) is 30.9 Å². The third-order valence-electron chi connectivity index (χ3n) is 6.48. The van der Waals surface area contributed by atoms with Crippen LogP contribution >= 0.6 is 0 Å². The molecule has 2 heterocycles. The molecule has 5 rings (SSSR count). The molecular weight excluding hydrogens is 422 g/mol. The second-order valence-electron chi connectivity index (χ2n) is 8.39. The minimum absolute atomic E-state index is 0.0955. The number of rotatable bonds is 5. The lowest BCUT2D eigenvalue weighted by Gasteiger charge is -2.46. The van der Waals surface area contributed by atoms with Crippen molar-refractivity contribution in [3.8, 4) is 16.8 Å². The van der Waals surface area contributed by atoms with Gasteiger partial charge in [-0.15, -0.1) is 4.68 Å². The van der Waals surface area contributed by atoms with E-state index in [1.165, 1.54) is 4.68 Å². The van der Waals surface area contributed by atoms with Crippen LogP contribution in [0.25, 0.3) is 16.8 Å². The first-order chi connectivity index (χ1) is 15.9. The van der Waals surface area contributed by atoms with Crippen LogP contribution in [0, 0.1) is 10.1 Å². The van der Waals surface area contributed by atoms with Crippen molar-refractivity contribution in [2.45, 2.75) is 24.7 Å². The molecule has 2 aliphatic rings. The molecule has 0 saturated heterocycles. The number of nitro groups is 1. The number of amides is 2. The number of fused-ring (bicyclic) bond motifs is 2. The van der Waals surface area contributed by atoms with Gasteiger partial charge in [0, 0.05) is 23.2 Å². The molecular formula is C24H21N5O4. The van der Waals surface area contributed by atoms with Crippen molar-refractivity contribution in [3.63, 3.8) is 0 Å². The number of anilines is 1. The molecule has 2 amide bonds. The van der Waals surface area contributed by atoms with E-state index >= 15 is 0 Å². The molecule has 1 aromatic heterocycles. The predicted molar refractivity (Wildman–Crippen MR) is 122 cm³/mol. The summed E-state index contributed by atoms with van der Waals surface area (Å²) in [6.45, 7) is 4.02. The van der Waals surface area contributed by atoms with Crippen LogP contribution in [0.4, 0.5) is 11.5 Å². The van der Waals surface area contributed by atoms with Gasteiger partial charge in [0.15, 0.2) is 0 Å². The Balaban J connectivity index is 1.58. The molecule has 0 unspecified atom stereocenters. The van der Waals surface area contributed by atoms with Gasteiger partial charge in [0.2, 0.25) is 5.91 Å². The zero-order valence-electron chi connectivity index (χ0n) is 17.7. The topological polar surface area (TPSA) is 119 Å². The van der Waals surface area contributed by atoms with Crippen molar-refractivity contribution < 1.29 is 14.5 Å². The van der Waals surface area contributed by atoms with Crippen LogP contribution in [0.5, 0.6) is 0 Å². The van der Waals surface area contributed by atoms with E-state index in [1.807, 2.05) is 6.07 Å². The van der Waals surface area contributed by atoms with Crippen molar-refractivity contribution in [2.24, 2.45) is 0 Å². The molecule has 3 aromatic rings. The summed E-state index contributed by atoms with van der Waals surface area (Å²) in [5.41, 5.74) is 3.56. The Kier molecular flexibility index (Phi) is 4.81. The fourth-order valence-electron chi connectivity index (χ4n) is 4.59. The largest absolute Gasteiger partial charge is 0.398 e. The van der Waals surface area contributed by atoms with Crippen LogP contribution in [-0.2, 0) is 10.2 Å². The van der Waals surface area contributed by atoms with E-state index < -0.39 is 4.92 Å². The molecule has 0 radical (unpaired) electrons. The highest BCUT2D eigenvalue weighted by Gasteiger charge is 2.44. The molecule has 33 heavy (non-hydrogen) atoms. The van der Waals surface area contributed by atoms with E-state index in [0.29, 0.717) is 34.6 Å². The quantitative estimate of drug-likeness (QED) is 0.354. The van der Waals surface area contributed by atoms with Crippen LogP contribution in [0.15, 0.2) is 61.3 Å². The lowest BCUT2D eigenvalue weighted by molar-refractivity contribution is -0.389. The first kappa shape index (κ1) is 20.6. The zero-order valence-corrected chi connectivity index (χ0v) is 17.7. The molecule has 9 nitrogen and oxygen atoms in total. The van der Waals surface area contributed by atoms with Crippen molar-refractivity contribution >= 4 is 23.3 Å². The van der Waals surface area contributed by atoms with E-state index in [4.69, 9.17) is 0 Å². The van der Waals surface area contributed by atoms with Crippen molar-refractivity contribution in [1.29, 1.82) is 0 Å². The summed E-state index contributed by atoms with van der Waals surface area (Å²) < 4.78 is 1.42. The van der Waals surface area contributed by atoms with Gasteiger partial charge in [-0.1, -0.05) is 25.1 Å². The summed E-state index contributed by atoms with van der Waals surface area (Å²) in [5.74, 6) is -0.752. The van der Waals surface area contributed by atoms with Gasteiger partial charge in [0.25, 0.3) is 5.91 Å². The van der Waals surface area contributed by atoms with Gasteiger partial charge < -0.3 is 20.7 Å². The second-order valence-corrected chi connectivity index (χ2v) is 8.39. The summed E-state index contributed by atoms with van der Waals surface area (Å²) in [6, 6.07) is 12.2. The molecule has 1 spiro atoms. The van der Waals surface area contributed by atoms with Crippen LogP contribution in [-0.4, -0.2) is 33.1 Å². The smallest absolute Gasteiger partial charge is 0.358 e. The minimum atomic E-state index is -0.513. The number of nitrogens with zero attached hydrogens (tertiary/aromatic N) is 3. The molecule has 1 aliphatic heterocycles. The number of carbonyl (C=O) groups is 2. The Bertz CT molecular complexity index is 1320. The van der Waals surface area contributed by atoms with Gasteiger partial charge in [0.05, 0.1) is 17.0 Å². The normalized spacial score (nSPS) is 15.8. The molecule has 1 aliphatic carbocycles. The van der Waals surface area contributed by atoms with E-state index in [2.05, 4.69) is 22.3 Å². The highest BCUT2D eigenvalue weighted by atomic mass is 16.6. The average Bonchev–Trinajstić information content (AvgIpc) is 3.24. The van der Waals surface area contributed by atoms with Crippen LogP contribution in [0.1, 0.15) is 35.2 Å². The van der Waals surface area contributed by atoms with Crippen LogP contribution in [0.3, 0.4) is 0 Å². The Labute approximate surface area is 189 Å². The number of hydrogen-bond acceptors (Lipinski definition) is 5. The maximum atomic E-state index is 12.4. The van der Waals surface area contributed by atoms with Crippen molar-refractivity contribution in [1.82, 2.24) is 15.1 Å². The zero-order chi connectivity index (χ0) is 23.2. The third-order valence-corrected chi connectivity index (χ3v) is 6.48. The Morgan fingerprint density at radius 1 is 1.24 bits per heavy atom. The lowest BCUT2D eigenvalue weighted by Crippen LogP contribution is -2.50. The van der Waals surface area contributed by atoms with Gasteiger partial charge in [-0.05, 0) is 65.3 Å². The molecule has 0 bridgehead atoms. The highest BCUT2D eigenvalue weighted by molar-refractivity contribution is 5.99. The fourth-order valence-corrected chi connectivity index (χ4v) is 4.59. The number of nitrogens with one attached hydrogen (secondary N) is 2. The van der Waals surface area contributed by atoms with Gasteiger partial charge in [0.1, 0.15) is 5.56 Å². The Hall–Kier alpha value is -4.27. The summed E-state index contributed by atoms with van der Waals surface area (Å²) >= 11 is 0. The summed E-state index contributed by atoms with van der Waals surface area (Å²) in [4.78, 5) is 35.3. The molecule has 1 saturated carbocycles. The monoisotopic (exact) mass is 443 g/mol. The summed E-state index contributed by atoms with van der Waals surface area (Å²) in [6.07, 6.45) is 5.82. The Morgan fingerprint density at radius 2 is 2.06 bits per heavy atom. The molecule has 0 atom stereocenters. The first-order valence-corrected chi connectivity index (χ1v) is 10.6. The van der Waals surface area contributed by atoms with Crippen molar-refractivity contribution in [3.05, 3.63) is 82.6 Å². The van der Waals surface area contributed by atoms with E-state index in [-0.39, 0.29) is 23.0 Å². The minimum Gasteiger partial charge on any atom is -0.358 e. The maximum Gasteiger partial charge on any atom is 0.398 e. The molecule has 166 valence electrons. The maximum absolute atomic E-state index is 12.4. The van der Waals surface area contributed by atoms with Crippen molar-refractivity contribution in [2.75, 3.05) is 11.9 Å². The summed E-state index contributed by atoms with van der Waals surface area (Å²) in [7, 11) is 0. The SMILES string of the molecule is C=CC(=O)Nc1cccc(-n2cc(-c3ccc4c(c3)C3(CCC3)CNC4=O)c([N+](=O)[O-])n2)c1. The highest BCUT2D eigenvalue weighted by Crippen LogP contribution is 2.47. The number of benzene rings is 2. The number of aromatic nitrogens is 2. The standard InChI is InChI=1S/C24H21N5O4/c1-2-21(30)26-16-5-3-6-17(12-16)28-13-19(22(27-28)29(32)33)15-7-8-18-20(11-15)24(9-4-10-24)14-25-23(18)31/h2-3,5-8,11-13H,1,4,9-10,14H2,(H,25,31)(H,26,30). The van der Waals surface area contributed by atoms with Gasteiger partial charge in [-0.2, -0.15) is 0 Å². The summed E-state index contributed by atoms with van der Waals surface area (Å²) in [5, 5.41) is 21.7. The predicted octanol–water partition coefficient (Wildman–Crippen LogP) is 3.74. The van der Waals surface area contributed by atoms with Gasteiger partial charge in [-0.25, -0.2) is 0 Å².